The lowest BCUT2D eigenvalue weighted by Gasteiger charge is -2.18. The molecule has 0 radical (unpaired) electrons. The summed E-state index contributed by atoms with van der Waals surface area (Å²) in [5, 5.41) is 16.6. The summed E-state index contributed by atoms with van der Waals surface area (Å²) in [4.78, 5) is 24.2. The summed E-state index contributed by atoms with van der Waals surface area (Å²) in [7, 11) is 0. The van der Waals surface area contributed by atoms with Crippen molar-refractivity contribution in [1.29, 1.82) is 0 Å². The fraction of sp³-hybridized carbons (Fsp3) is 0.286. The molecule has 0 bridgehead atoms. The Morgan fingerprint density at radius 1 is 1.20 bits per heavy atom. The van der Waals surface area contributed by atoms with Gasteiger partial charge in [-0.1, -0.05) is 30.3 Å². The van der Waals surface area contributed by atoms with Crippen molar-refractivity contribution in [1.82, 2.24) is 10.7 Å². The largest absolute Gasteiger partial charge is 0.504 e. The van der Waals surface area contributed by atoms with Gasteiger partial charge in [-0.3, -0.25) is 4.79 Å². The summed E-state index contributed by atoms with van der Waals surface area (Å²) in [6.07, 6.45) is 0.847. The molecule has 2 aromatic rings. The lowest BCUT2D eigenvalue weighted by molar-refractivity contribution is -0.121. The Bertz CT molecular complexity index is 890. The molecule has 160 valence electrons. The Balaban J connectivity index is 2.04. The maximum Gasteiger partial charge on any atom is 0.407 e. The molecule has 1 atom stereocenters. The van der Waals surface area contributed by atoms with Crippen LogP contribution in [0.3, 0.4) is 0 Å². The number of carbonyl (C=O) groups is 2. The van der Waals surface area contributed by atoms with Crippen LogP contribution in [0, 0.1) is 3.57 Å². The molecular weight excluding hydrogens is 501 g/mol. The Hall–Kier alpha value is -2.82. The van der Waals surface area contributed by atoms with E-state index in [1.165, 1.54) is 6.21 Å². The fourth-order valence-electron chi connectivity index (χ4n) is 2.60. The topological polar surface area (TPSA) is 109 Å². The number of ether oxygens (including phenoxy) is 2. The molecule has 0 unspecified atom stereocenters. The third kappa shape index (κ3) is 7.21. The summed E-state index contributed by atoms with van der Waals surface area (Å²) in [5.74, 6) is 0.0322. The van der Waals surface area contributed by atoms with Gasteiger partial charge in [-0.05, 0) is 59.7 Å². The highest BCUT2D eigenvalue weighted by molar-refractivity contribution is 14.1. The van der Waals surface area contributed by atoms with Crippen LogP contribution >= 0.6 is 22.6 Å². The normalized spacial score (nSPS) is 11.7. The van der Waals surface area contributed by atoms with Crippen molar-refractivity contribution >= 4 is 40.8 Å². The van der Waals surface area contributed by atoms with E-state index in [2.05, 4.69) is 15.8 Å². The van der Waals surface area contributed by atoms with E-state index < -0.39 is 12.1 Å². The predicted octanol–water partition coefficient (Wildman–Crippen LogP) is 3.72. The SMILES string of the molecule is CCOC(=O)N[C@H](CC(=O)N/N=C\c1cc(I)c(O)c(OCC)c1)c1ccccc1. The second-order valence-corrected chi connectivity index (χ2v) is 7.27. The Morgan fingerprint density at radius 2 is 1.93 bits per heavy atom. The second-order valence-electron chi connectivity index (χ2n) is 6.11. The lowest BCUT2D eigenvalue weighted by atomic mass is 10.0. The average molecular weight is 525 g/mol. The second kappa shape index (κ2) is 12.0. The van der Waals surface area contributed by atoms with Crippen LogP contribution in [0.5, 0.6) is 11.5 Å². The van der Waals surface area contributed by atoms with E-state index in [9.17, 15) is 14.7 Å². The number of nitrogens with zero attached hydrogens (tertiary/aromatic N) is 1. The first-order valence-corrected chi connectivity index (χ1v) is 10.5. The molecule has 0 fully saturated rings. The fourth-order valence-corrected chi connectivity index (χ4v) is 3.22. The van der Waals surface area contributed by atoms with Crippen LogP contribution < -0.4 is 15.5 Å². The molecule has 0 aromatic heterocycles. The van der Waals surface area contributed by atoms with Gasteiger partial charge >= 0.3 is 6.09 Å². The number of amides is 2. The highest BCUT2D eigenvalue weighted by Gasteiger charge is 2.18. The van der Waals surface area contributed by atoms with Gasteiger partial charge in [0.1, 0.15) is 0 Å². The van der Waals surface area contributed by atoms with Crippen molar-refractivity contribution < 1.29 is 24.2 Å². The van der Waals surface area contributed by atoms with Gasteiger partial charge < -0.3 is 19.9 Å². The molecule has 2 amide bonds. The summed E-state index contributed by atoms with van der Waals surface area (Å²) in [6, 6.07) is 11.9. The van der Waals surface area contributed by atoms with Crippen LogP contribution in [0.4, 0.5) is 4.79 Å². The zero-order valence-corrected chi connectivity index (χ0v) is 18.9. The zero-order valence-electron chi connectivity index (χ0n) is 16.7. The molecule has 30 heavy (non-hydrogen) atoms. The summed E-state index contributed by atoms with van der Waals surface area (Å²) in [5.41, 5.74) is 3.89. The Labute approximate surface area is 188 Å². The van der Waals surface area contributed by atoms with Crippen LogP contribution in [-0.2, 0) is 9.53 Å². The molecule has 0 spiro atoms. The maximum atomic E-state index is 12.4. The molecule has 0 aliphatic rings. The van der Waals surface area contributed by atoms with E-state index in [-0.39, 0.29) is 24.7 Å². The third-order valence-corrected chi connectivity index (χ3v) is 4.73. The van der Waals surface area contributed by atoms with Crippen molar-refractivity contribution in [2.75, 3.05) is 13.2 Å². The molecule has 0 heterocycles. The van der Waals surface area contributed by atoms with Crippen molar-refractivity contribution in [2.45, 2.75) is 26.3 Å². The molecule has 8 nitrogen and oxygen atoms in total. The van der Waals surface area contributed by atoms with E-state index in [0.717, 1.165) is 5.56 Å². The number of alkyl carbamates (subject to hydrolysis) is 1. The minimum absolute atomic E-state index is 0.0164. The zero-order chi connectivity index (χ0) is 21.9. The first kappa shape index (κ1) is 23.5. The van der Waals surface area contributed by atoms with Gasteiger partial charge in [0.2, 0.25) is 5.91 Å². The van der Waals surface area contributed by atoms with E-state index >= 15 is 0 Å². The predicted molar refractivity (Wildman–Crippen MR) is 122 cm³/mol. The van der Waals surface area contributed by atoms with Crippen LogP contribution in [0.1, 0.15) is 37.4 Å². The quantitative estimate of drug-likeness (QED) is 0.263. The first-order valence-electron chi connectivity index (χ1n) is 9.40. The van der Waals surface area contributed by atoms with E-state index in [1.54, 1.807) is 19.1 Å². The molecule has 0 saturated heterocycles. The average Bonchev–Trinajstić information content (AvgIpc) is 2.72. The van der Waals surface area contributed by atoms with E-state index in [4.69, 9.17) is 9.47 Å². The summed E-state index contributed by atoms with van der Waals surface area (Å²) in [6.45, 7) is 4.18. The number of phenolic OH excluding ortho intramolecular Hbond substituents is 1. The van der Waals surface area contributed by atoms with Gasteiger partial charge in [-0.25, -0.2) is 10.2 Å². The number of aromatic hydroxyl groups is 1. The Kier molecular flexibility index (Phi) is 9.39. The van der Waals surface area contributed by atoms with Crippen LogP contribution in [0.15, 0.2) is 47.6 Å². The van der Waals surface area contributed by atoms with Crippen LogP contribution in [0.2, 0.25) is 0 Å². The molecule has 2 rings (SSSR count). The lowest BCUT2D eigenvalue weighted by Crippen LogP contribution is -2.33. The van der Waals surface area contributed by atoms with Crippen molar-refractivity contribution in [3.8, 4) is 11.5 Å². The van der Waals surface area contributed by atoms with Crippen molar-refractivity contribution in [2.24, 2.45) is 5.10 Å². The highest BCUT2D eigenvalue weighted by atomic mass is 127. The smallest absolute Gasteiger partial charge is 0.407 e. The minimum atomic E-state index is -0.593. The molecule has 0 aliphatic carbocycles. The van der Waals surface area contributed by atoms with Gasteiger partial charge in [0.15, 0.2) is 11.5 Å². The van der Waals surface area contributed by atoms with Gasteiger partial charge in [0, 0.05) is 0 Å². The highest BCUT2D eigenvalue weighted by Crippen LogP contribution is 2.32. The summed E-state index contributed by atoms with van der Waals surface area (Å²) < 4.78 is 10.9. The Morgan fingerprint density at radius 3 is 2.60 bits per heavy atom. The van der Waals surface area contributed by atoms with Gasteiger partial charge in [-0.2, -0.15) is 5.10 Å². The standard InChI is InChI=1S/C21H24IN3O5/c1-3-29-18-11-14(10-16(22)20(18)27)13-23-25-19(26)12-17(24-21(28)30-4-2)15-8-6-5-7-9-15/h5-11,13,17,27H,3-4,12H2,1-2H3,(H,24,28)(H,25,26)/b23-13-/t17-/m1/s1. The monoisotopic (exact) mass is 525 g/mol. The molecule has 9 heteroatoms. The molecule has 3 N–H and O–H groups in total. The number of rotatable bonds is 9. The third-order valence-electron chi connectivity index (χ3n) is 3.91. The van der Waals surface area contributed by atoms with E-state index in [0.29, 0.717) is 21.5 Å². The number of hydrazone groups is 1. The van der Waals surface area contributed by atoms with Crippen LogP contribution in [0.25, 0.3) is 0 Å². The van der Waals surface area contributed by atoms with Gasteiger partial charge in [0.25, 0.3) is 0 Å². The van der Waals surface area contributed by atoms with Crippen molar-refractivity contribution in [3.05, 3.63) is 57.2 Å². The van der Waals surface area contributed by atoms with Gasteiger partial charge in [0.05, 0.1) is 35.5 Å². The van der Waals surface area contributed by atoms with Crippen molar-refractivity contribution in [3.63, 3.8) is 0 Å². The van der Waals surface area contributed by atoms with Crippen LogP contribution in [-0.4, -0.2) is 36.5 Å². The number of benzene rings is 2. The number of halogens is 1. The van der Waals surface area contributed by atoms with Gasteiger partial charge in [-0.15, -0.1) is 0 Å². The molecular formula is C21H24IN3O5. The maximum absolute atomic E-state index is 12.4. The number of nitrogens with one attached hydrogen (secondary N) is 2. The number of phenols is 1. The first-order chi connectivity index (χ1) is 14.4. The number of hydrogen-bond donors (Lipinski definition) is 3. The molecule has 0 saturated carbocycles. The summed E-state index contributed by atoms with van der Waals surface area (Å²) >= 11 is 1.99. The molecule has 0 aliphatic heterocycles. The number of hydrogen-bond acceptors (Lipinski definition) is 6. The van der Waals surface area contributed by atoms with E-state index in [1.807, 2.05) is 59.8 Å². The minimum Gasteiger partial charge on any atom is -0.504 e. The number of carbonyl (C=O) groups excluding carboxylic acids is 2. The molecule has 2 aromatic carbocycles.